The van der Waals surface area contributed by atoms with Gasteiger partial charge in [-0.05, 0) is 124 Å². The summed E-state index contributed by atoms with van der Waals surface area (Å²) in [5.41, 5.74) is 17.4. The van der Waals surface area contributed by atoms with E-state index in [4.69, 9.17) is 21.6 Å². The van der Waals surface area contributed by atoms with E-state index in [9.17, 15) is 9.90 Å². The highest BCUT2D eigenvalue weighted by atomic mass is 35.5. The van der Waals surface area contributed by atoms with Gasteiger partial charge in [-0.1, -0.05) is 12.1 Å². The van der Waals surface area contributed by atoms with Crippen molar-refractivity contribution in [2.45, 2.75) is 76.7 Å². The highest BCUT2D eigenvalue weighted by Gasteiger charge is 2.34. The molecule has 0 radical (unpaired) electrons. The van der Waals surface area contributed by atoms with Gasteiger partial charge in [0.25, 0.3) is 0 Å². The molecule has 0 fully saturated rings. The molecule has 1 heterocycles. The Labute approximate surface area is 253 Å². The lowest BCUT2D eigenvalue weighted by Gasteiger charge is -2.38. The van der Waals surface area contributed by atoms with E-state index in [-0.39, 0.29) is 36.3 Å². The average molecular weight is 597 g/mol. The number of guanidine groups is 1. The van der Waals surface area contributed by atoms with Crippen LogP contribution in [-0.2, 0) is 17.6 Å². The summed E-state index contributed by atoms with van der Waals surface area (Å²) in [6, 6.07) is 15.4. The predicted molar refractivity (Wildman–Crippen MR) is 171 cm³/mol. The van der Waals surface area contributed by atoms with Gasteiger partial charge in [-0.25, -0.2) is 0 Å². The van der Waals surface area contributed by atoms with E-state index < -0.39 is 0 Å². The number of ether oxygens (including phenoxy) is 1. The number of hydrogen-bond donors (Lipinski definition) is 4. The van der Waals surface area contributed by atoms with E-state index in [2.05, 4.69) is 19.1 Å². The van der Waals surface area contributed by atoms with Crippen molar-refractivity contribution in [3.63, 3.8) is 0 Å². The molecule has 1 aliphatic heterocycles. The number of rotatable bonds is 10. The molecule has 0 aromatic heterocycles. The van der Waals surface area contributed by atoms with Crippen LogP contribution < -0.4 is 21.1 Å². The second kappa shape index (κ2) is 13.5. The highest BCUT2D eigenvalue weighted by Crippen LogP contribution is 2.44. The summed E-state index contributed by atoms with van der Waals surface area (Å²) in [7, 11) is 0. The van der Waals surface area contributed by atoms with Crippen LogP contribution in [-0.4, -0.2) is 28.3 Å². The smallest absolute Gasteiger partial charge is 0.221 e. The largest absolute Gasteiger partial charge is 0.507 e. The second-order valence-electron chi connectivity index (χ2n) is 10.9. The van der Waals surface area contributed by atoms with Crippen molar-refractivity contribution in [3.8, 4) is 11.5 Å². The Kier molecular flexibility index (Phi) is 10.6. The van der Waals surface area contributed by atoms with E-state index in [0.717, 1.165) is 82.8 Å². The van der Waals surface area contributed by atoms with Gasteiger partial charge >= 0.3 is 0 Å². The third-order valence-corrected chi connectivity index (χ3v) is 8.97. The number of carbonyl (C=O) groups excluding carboxylic acids is 1. The lowest BCUT2D eigenvalue weighted by atomic mass is 9.85. The van der Waals surface area contributed by atoms with Crippen molar-refractivity contribution in [2.75, 3.05) is 10.7 Å². The SMILES string of the molecule is Cc1c(C)c2c(c(C)c1O)CCC(C)(CCCCSc1ccc(N(C(=N)N)c3ccc(CC(N)=O)cc3)cc1)O2.Cl. The van der Waals surface area contributed by atoms with E-state index in [1.54, 1.807) is 4.90 Å². The Hall–Kier alpha value is -3.36. The minimum absolute atomic E-state index is 0. The maximum atomic E-state index is 11.2. The van der Waals surface area contributed by atoms with E-state index in [1.807, 2.05) is 68.9 Å². The summed E-state index contributed by atoms with van der Waals surface area (Å²) in [6.45, 7) is 8.20. The number of primary amides is 1. The first-order chi connectivity index (χ1) is 19.0. The number of aromatic hydroxyl groups is 1. The molecular formula is C32H41ClN4O3S. The first kappa shape index (κ1) is 32.2. The molecule has 9 heteroatoms. The molecule has 0 saturated heterocycles. The van der Waals surface area contributed by atoms with Crippen LogP contribution in [0.1, 0.15) is 60.4 Å². The molecule has 1 atom stereocenters. The molecule has 41 heavy (non-hydrogen) atoms. The van der Waals surface area contributed by atoms with E-state index in [1.165, 1.54) is 4.90 Å². The monoisotopic (exact) mass is 596 g/mol. The topological polar surface area (TPSA) is 126 Å². The normalized spacial score (nSPS) is 15.8. The molecule has 220 valence electrons. The van der Waals surface area contributed by atoms with Crippen molar-refractivity contribution in [1.29, 1.82) is 5.41 Å². The van der Waals surface area contributed by atoms with Crippen molar-refractivity contribution in [1.82, 2.24) is 0 Å². The highest BCUT2D eigenvalue weighted by molar-refractivity contribution is 7.99. The Balaban J connectivity index is 0.00000462. The molecule has 3 aromatic rings. The van der Waals surface area contributed by atoms with Crippen LogP contribution in [0.5, 0.6) is 11.5 Å². The maximum Gasteiger partial charge on any atom is 0.221 e. The number of nitrogens with one attached hydrogen (secondary N) is 1. The number of thioether (sulfide) groups is 1. The Morgan fingerprint density at radius 1 is 1.00 bits per heavy atom. The second-order valence-corrected chi connectivity index (χ2v) is 12.1. The zero-order valence-electron chi connectivity index (χ0n) is 24.3. The van der Waals surface area contributed by atoms with Gasteiger partial charge in [-0.15, -0.1) is 24.2 Å². The molecule has 1 aliphatic rings. The number of phenolic OH excluding ortho intramolecular Hbond substituents is 1. The number of anilines is 2. The number of nitrogens with two attached hydrogens (primary N) is 2. The number of halogens is 1. The van der Waals surface area contributed by atoms with Crippen LogP contribution in [0.3, 0.4) is 0 Å². The maximum absolute atomic E-state index is 11.2. The van der Waals surface area contributed by atoms with Crippen molar-refractivity contribution >= 4 is 47.4 Å². The molecule has 0 spiro atoms. The van der Waals surface area contributed by atoms with Crippen molar-refractivity contribution < 1.29 is 14.6 Å². The number of amides is 1. The average Bonchev–Trinajstić information content (AvgIpc) is 2.92. The molecule has 0 aliphatic carbocycles. The van der Waals surface area contributed by atoms with Crippen molar-refractivity contribution in [3.05, 3.63) is 76.3 Å². The number of unbranched alkanes of at least 4 members (excludes halogenated alkanes) is 1. The lowest BCUT2D eigenvalue weighted by Crippen LogP contribution is -2.37. The predicted octanol–water partition coefficient (Wildman–Crippen LogP) is 6.84. The van der Waals surface area contributed by atoms with Crippen LogP contribution >= 0.6 is 24.2 Å². The standard InChI is InChI=1S/C32H40N4O3S.ClH/c1-20-21(2)30-27(22(3)29(20)38)15-17-32(4,39-30)16-5-6-18-40-26-13-11-25(12-14-26)36(31(34)35)24-9-7-23(8-10-24)19-28(33)37;/h7-14,38H,5-6,15-19H2,1-4H3,(H2,33,37)(H3,34,35);1H. The molecule has 1 amide bonds. The molecule has 6 N–H and O–H groups in total. The van der Waals surface area contributed by atoms with Crippen LogP contribution in [0.2, 0.25) is 0 Å². The molecule has 4 rings (SSSR count). The van der Waals surface area contributed by atoms with Gasteiger partial charge in [0.2, 0.25) is 5.91 Å². The minimum atomic E-state index is -0.381. The number of nitrogens with zero attached hydrogens (tertiary/aromatic N) is 1. The Morgan fingerprint density at radius 3 is 2.20 bits per heavy atom. The van der Waals surface area contributed by atoms with Crippen molar-refractivity contribution in [2.24, 2.45) is 11.5 Å². The summed E-state index contributed by atoms with van der Waals surface area (Å²) in [5, 5.41) is 18.5. The molecular weight excluding hydrogens is 556 g/mol. The number of hydrogen-bond acceptors (Lipinski definition) is 5. The summed E-state index contributed by atoms with van der Waals surface area (Å²) in [4.78, 5) is 14.0. The van der Waals surface area contributed by atoms with Gasteiger partial charge in [0.15, 0.2) is 5.96 Å². The fraction of sp³-hybridized carbons (Fsp3) is 0.375. The fourth-order valence-corrected chi connectivity index (χ4v) is 6.26. The van der Waals surface area contributed by atoms with Gasteiger partial charge in [-0.3, -0.25) is 15.1 Å². The molecule has 3 aromatic carbocycles. The number of fused-ring (bicyclic) bond motifs is 1. The minimum Gasteiger partial charge on any atom is -0.507 e. The first-order valence-corrected chi connectivity index (χ1v) is 14.7. The van der Waals surface area contributed by atoms with Gasteiger partial charge in [-0.2, -0.15) is 0 Å². The lowest BCUT2D eigenvalue weighted by molar-refractivity contribution is -0.117. The third-order valence-electron chi connectivity index (χ3n) is 7.87. The molecule has 0 saturated carbocycles. The summed E-state index contributed by atoms with van der Waals surface area (Å²) < 4.78 is 6.58. The number of benzene rings is 3. The fourth-order valence-electron chi connectivity index (χ4n) is 5.34. The number of carbonyl (C=O) groups is 1. The Morgan fingerprint density at radius 2 is 1.61 bits per heavy atom. The van der Waals surface area contributed by atoms with Crippen LogP contribution in [0.25, 0.3) is 0 Å². The van der Waals surface area contributed by atoms with Crippen LogP contribution in [0.15, 0.2) is 53.4 Å². The van der Waals surface area contributed by atoms with Crippen LogP contribution in [0.4, 0.5) is 11.4 Å². The van der Waals surface area contributed by atoms with Gasteiger partial charge in [0.1, 0.15) is 17.1 Å². The Bertz CT molecular complexity index is 1400. The molecule has 1 unspecified atom stereocenters. The first-order valence-electron chi connectivity index (χ1n) is 13.7. The van der Waals surface area contributed by atoms with Crippen LogP contribution in [0, 0.1) is 26.2 Å². The number of phenols is 1. The van der Waals surface area contributed by atoms with E-state index in [0.29, 0.717) is 5.75 Å². The summed E-state index contributed by atoms with van der Waals surface area (Å²) in [5.74, 6) is 1.92. The quantitative estimate of drug-likeness (QED) is 0.0878. The summed E-state index contributed by atoms with van der Waals surface area (Å²) in [6.07, 6.45) is 5.23. The van der Waals surface area contributed by atoms with Gasteiger partial charge < -0.3 is 21.3 Å². The zero-order valence-corrected chi connectivity index (χ0v) is 25.9. The summed E-state index contributed by atoms with van der Waals surface area (Å²) >= 11 is 1.82. The zero-order chi connectivity index (χ0) is 29.0. The van der Waals surface area contributed by atoms with Gasteiger partial charge in [0.05, 0.1) is 6.42 Å². The molecule has 7 nitrogen and oxygen atoms in total. The third kappa shape index (κ3) is 7.49. The van der Waals surface area contributed by atoms with E-state index >= 15 is 0 Å². The molecule has 0 bridgehead atoms. The van der Waals surface area contributed by atoms with Gasteiger partial charge in [0, 0.05) is 21.8 Å².